The topological polar surface area (TPSA) is 106 Å². The van der Waals surface area contributed by atoms with E-state index in [1.54, 1.807) is 4.90 Å². The van der Waals surface area contributed by atoms with Gasteiger partial charge in [-0.1, -0.05) is 12.1 Å². The minimum Gasteiger partial charge on any atom is -0.505 e. The molecule has 0 spiro atoms. The van der Waals surface area contributed by atoms with E-state index in [0.717, 1.165) is 49.8 Å². The van der Waals surface area contributed by atoms with Crippen LogP contribution in [0, 0.1) is 5.82 Å². The van der Waals surface area contributed by atoms with E-state index < -0.39 is 23.6 Å². The van der Waals surface area contributed by atoms with Crippen LogP contribution in [-0.2, 0) is 17.6 Å². The van der Waals surface area contributed by atoms with Gasteiger partial charge in [-0.2, -0.15) is 0 Å². The molecule has 3 heterocycles. The highest BCUT2D eigenvalue weighted by atomic mass is 19.1. The van der Waals surface area contributed by atoms with Gasteiger partial charge in [0.15, 0.2) is 11.6 Å². The van der Waals surface area contributed by atoms with Crippen molar-refractivity contribution >= 4 is 17.8 Å². The second kappa shape index (κ2) is 9.42. The summed E-state index contributed by atoms with van der Waals surface area (Å²) in [5.74, 6) is -1.48. The van der Waals surface area contributed by atoms with Crippen molar-refractivity contribution in [3.8, 4) is 5.75 Å². The normalized spacial score (nSPS) is 16.6. The summed E-state index contributed by atoms with van der Waals surface area (Å²) in [5.41, 5.74) is 2.56. The lowest BCUT2D eigenvalue weighted by molar-refractivity contribution is -0.138. The molecule has 2 amide bonds. The number of carbonyl (C=O) groups is 2. The van der Waals surface area contributed by atoms with Gasteiger partial charge in [0.2, 0.25) is 0 Å². The third-order valence-electron chi connectivity index (χ3n) is 6.04. The zero-order valence-electron chi connectivity index (χ0n) is 17.8. The number of hydrogen-bond acceptors (Lipinski definition) is 5. The summed E-state index contributed by atoms with van der Waals surface area (Å²) in [6.45, 7) is 2.31. The summed E-state index contributed by atoms with van der Waals surface area (Å²) in [7, 11) is 0. The highest BCUT2D eigenvalue weighted by Crippen LogP contribution is 2.31. The Balaban J connectivity index is 1.38. The highest BCUT2D eigenvalue weighted by molar-refractivity contribution is 5.78. The zero-order valence-corrected chi connectivity index (χ0v) is 17.8. The van der Waals surface area contributed by atoms with Crippen LogP contribution in [0.15, 0.2) is 30.3 Å². The Morgan fingerprint density at radius 2 is 2.09 bits per heavy atom. The number of hydrogen-bond donors (Lipinski definition) is 3. The van der Waals surface area contributed by atoms with Gasteiger partial charge in [-0.15, -0.1) is 0 Å². The van der Waals surface area contributed by atoms with Crippen molar-refractivity contribution in [2.24, 2.45) is 0 Å². The summed E-state index contributed by atoms with van der Waals surface area (Å²) >= 11 is 0. The van der Waals surface area contributed by atoms with Gasteiger partial charge in [0.25, 0.3) is 0 Å². The standard InChI is InChI=1S/C23H27FN4O4/c24-18-13-16(6-8-20(18)29)19(14-21(30)31)28-12-11-27(23(28)32)10-2-4-17-7-5-15-3-1-9-25-22(15)26-17/h5-8,13,19,29H,1-4,9-12,14H2,(H,25,26)(H,30,31). The number of halogens is 1. The van der Waals surface area contributed by atoms with Gasteiger partial charge in [0, 0.05) is 31.9 Å². The third-order valence-corrected chi connectivity index (χ3v) is 6.04. The molecule has 1 unspecified atom stereocenters. The second-order valence-corrected chi connectivity index (χ2v) is 8.23. The number of fused-ring (bicyclic) bond motifs is 1. The quantitative estimate of drug-likeness (QED) is 0.580. The summed E-state index contributed by atoms with van der Waals surface area (Å²) < 4.78 is 13.8. The molecule has 2 aliphatic rings. The van der Waals surface area contributed by atoms with E-state index in [1.165, 1.54) is 22.6 Å². The first-order chi connectivity index (χ1) is 15.4. The monoisotopic (exact) mass is 442 g/mol. The Hall–Kier alpha value is -3.36. The van der Waals surface area contributed by atoms with Crippen LogP contribution in [0.1, 0.15) is 42.1 Å². The number of aryl methyl sites for hydroxylation is 2. The fourth-order valence-corrected chi connectivity index (χ4v) is 4.36. The van der Waals surface area contributed by atoms with E-state index in [0.29, 0.717) is 25.2 Å². The van der Waals surface area contributed by atoms with Crippen LogP contribution in [0.25, 0.3) is 0 Å². The number of nitrogens with zero attached hydrogens (tertiary/aromatic N) is 3. The predicted octanol–water partition coefficient (Wildman–Crippen LogP) is 3.17. The number of aromatic nitrogens is 1. The number of nitrogens with one attached hydrogen (secondary N) is 1. The van der Waals surface area contributed by atoms with Crippen LogP contribution in [0.5, 0.6) is 5.75 Å². The van der Waals surface area contributed by atoms with Gasteiger partial charge in [0.05, 0.1) is 12.5 Å². The number of aliphatic carboxylic acids is 1. The summed E-state index contributed by atoms with van der Waals surface area (Å²) in [5, 5.41) is 22.1. The predicted molar refractivity (Wildman–Crippen MR) is 116 cm³/mol. The summed E-state index contributed by atoms with van der Waals surface area (Å²) in [6.07, 6.45) is 3.29. The molecule has 0 saturated carbocycles. The average Bonchev–Trinajstić information content (AvgIpc) is 3.14. The Labute approximate surface area is 185 Å². The van der Waals surface area contributed by atoms with Crippen molar-refractivity contribution in [1.82, 2.24) is 14.8 Å². The van der Waals surface area contributed by atoms with Crippen molar-refractivity contribution in [3.63, 3.8) is 0 Å². The largest absolute Gasteiger partial charge is 0.505 e. The van der Waals surface area contributed by atoms with E-state index >= 15 is 0 Å². The Morgan fingerprint density at radius 3 is 2.88 bits per heavy atom. The van der Waals surface area contributed by atoms with E-state index in [2.05, 4.69) is 16.4 Å². The first-order valence-corrected chi connectivity index (χ1v) is 10.9. The smallest absolute Gasteiger partial charge is 0.320 e. The molecule has 1 fully saturated rings. The molecule has 170 valence electrons. The van der Waals surface area contributed by atoms with Crippen LogP contribution in [0.2, 0.25) is 0 Å². The number of carboxylic acids is 1. The molecule has 3 N–H and O–H groups in total. The van der Waals surface area contributed by atoms with Gasteiger partial charge in [-0.3, -0.25) is 4.79 Å². The first-order valence-electron chi connectivity index (χ1n) is 10.9. The van der Waals surface area contributed by atoms with Gasteiger partial charge in [-0.05, 0) is 55.0 Å². The Morgan fingerprint density at radius 1 is 1.25 bits per heavy atom. The van der Waals surface area contributed by atoms with E-state index in [4.69, 9.17) is 0 Å². The number of carboxylic acid groups (broad SMARTS) is 1. The van der Waals surface area contributed by atoms with Crippen LogP contribution in [-0.4, -0.2) is 63.2 Å². The van der Waals surface area contributed by atoms with Crippen molar-refractivity contribution in [2.45, 2.75) is 38.1 Å². The number of phenolic OH excluding ortho intramolecular Hbond substituents is 1. The molecule has 1 atom stereocenters. The van der Waals surface area contributed by atoms with Gasteiger partial charge in [-0.25, -0.2) is 14.2 Å². The number of benzene rings is 1. The lowest BCUT2D eigenvalue weighted by Crippen LogP contribution is -2.36. The second-order valence-electron chi connectivity index (χ2n) is 8.23. The summed E-state index contributed by atoms with van der Waals surface area (Å²) in [6, 6.07) is 6.81. The molecule has 1 saturated heterocycles. The number of urea groups is 1. The number of anilines is 1. The molecular weight excluding hydrogens is 415 g/mol. The maximum absolute atomic E-state index is 13.8. The molecule has 9 heteroatoms. The molecule has 0 radical (unpaired) electrons. The molecule has 2 aliphatic heterocycles. The average molecular weight is 442 g/mol. The van der Waals surface area contributed by atoms with Gasteiger partial charge >= 0.3 is 12.0 Å². The summed E-state index contributed by atoms with van der Waals surface area (Å²) in [4.78, 5) is 32.2. The number of pyridine rings is 1. The molecule has 2 aromatic rings. The van der Waals surface area contributed by atoms with Crippen molar-refractivity contribution in [1.29, 1.82) is 0 Å². The van der Waals surface area contributed by atoms with Gasteiger partial charge in [0.1, 0.15) is 5.82 Å². The molecular formula is C23H27FN4O4. The molecule has 0 aliphatic carbocycles. The lowest BCUT2D eigenvalue weighted by atomic mass is 10.0. The molecule has 1 aromatic heterocycles. The van der Waals surface area contributed by atoms with E-state index in [-0.39, 0.29) is 12.5 Å². The maximum atomic E-state index is 13.8. The third kappa shape index (κ3) is 4.76. The Kier molecular flexibility index (Phi) is 6.43. The number of rotatable bonds is 8. The fraction of sp³-hybridized carbons (Fsp3) is 0.435. The van der Waals surface area contributed by atoms with Crippen LogP contribution in [0.4, 0.5) is 15.0 Å². The number of carbonyl (C=O) groups excluding carboxylic acids is 1. The molecule has 8 nitrogen and oxygen atoms in total. The molecule has 4 rings (SSSR count). The maximum Gasteiger partial charge on any atom is 0.320 e. The lowest BCUT2D eigenvalue weighted by Gasteiger charge is -2.27. The van der Waals surface area contributed by atoms with Crippen molar-refractivity contribution in [2.75, 3.05) is 31.5 Å². The van der Waals surface area contributed by atoms with Crippen LogP contribution < -0.4 is 5.32 Å². The molecule has 32 heavy (non-hydrogen) atoms. The Bertz CT molecular complexity index is 1020. The van der Waals surface area contributed by atoms with Crippen molar-refractivity contribution in [3.05, 3.63) is 53.0 Å². The SMILES string of the molecule is O=C(O)CC(c1ccc(O)c(F)c1)N1CCN(CCCc2ccc3c(n2)NCCC3)C1=O. The fourth-order valence-electron chi connectivity index (χ4n) is 4.36. The van der Waals surface area contributed by atoms with E-state index in [1.807, 2.05) is 6.07 Å². The zero-order chi connectivity index (χ0) is 22.7. The van der Waals surface area contributed by atoms with E-state index in [9.17, 15) is 24.2 Å². The first kappa shape index (κ1) is 21.9. The van der Waals surface area contributed by atoms with Gasteiger partial charge < -0.3 is 25.3 Å². The minimum atomic E-state index is -1.08. The van der Waals surface area contributed by atoms with Crippen LogP contribution >= 0.6 is 0 Å². The number of amides is 2. The minimum absolute atomic E-state index is 0.259. The molecule has 0 bridgehead atoms. The molecule has 1 aromatic carbocycles. The van der Waals surface area contributed by atoms with Crippen LogP contribution in [0.3, 0.4) is 0 Å². The number of aromatic hydroxyl groups is 1. The highest BCUT2D eigenvalue weighted by Gasteiger charge is 2.35. The van der Waals surface area contributed by atoms with Crippen molar-refractivity contribution < 1.29 is 24.2 Å². The number of phenols is 1.